The number of hydrogen-bond donors (Lipinski definition) is 2. The van der Waals surface area contributed by atoms with Gasteiger partial charge in [-0.3, -0.25) is 15.2 Å². The van der Waals surface area contributed by atoms with Crippen molar-refractivity contribution in [1.29, 1.82) is 0 Å². The van der Waals surface area contributed by atoms with Crippen LogP contribution in [0.1, 0.15) is 5.56 Å². The number of carbonyl (C=O) groups excluding carboxylic acids is 1. The molecule has 0 atom stereocenters. The number of aryl methyl sites for hydroxylation is 1. The zero-order valence-electron chi connectivity index (χ0n) is 15.3. The molecule has 0 aliphatic carbocycles. The smallest absolute Gasteiger partial charge is 0.264 e. The van der Waals surface area contributed by atoms with Gasteiger partial charge in [0.2, 0.25) is 5.95 Å². The monoisotopic (exact) mass is 368 g/mol. The molecule has 3 aromatic rings. The third-order valence-electron chi connectivity index (χ3n) is 3.85. The van der Waals surface area contributed by atoms with Crippen molar-refractivity contribution in [2.75, 3.05) is 26.1 Å². The van der Waals surface area contributed by atoms with Crippen LogP contribution in [0.5, 0.6) is 17.2 Å². The van der Waals surface area contributed by atoms with E-state index >= 15 is 0 Å². The van der Waals surface area contributed by atoms with E-state index in [2.05, 4.69) is 20.5 Å². The average molecular weight is 368 g/mol. The Labute approximate surface area is 156 Å². The molecule has 2 aromatic carbocycles. The molecular formula is C19H20N4O4. The first-order chi connectivity index (χ1) is 13.1. The lowest BCUT2D eigenvalue weighted by atomic mass is 10.2. The zero-order valence-corrected chi connectivity index (χ0v) is 15.3. The molecule has 8 nitrogen and oxygen atoms in total. The second-order valence-electron chi connectivity index (χ2n) is 5.68. The summed E-state index contributed by atoms with van der Waals surface area (Å²) in [7, 11) is 3.13. The summed E-state index contributed by atoms with van der Waals surface area (Å²) in [6, 6.07) is 12.8. The Balaban J connectivity index is 1.64. The summed E-state index contributed by atoms with van der Waals surface area (Å²) in [6.45, 7) is 1.78. The summed E-state index contributed by atoms with van der Waals surface area (Å²) in [5, 5.41) is 9.39. The molecule has 0 radical (unpaired) electrons. The molecule has 1 heterocycles. The number of aromatic amines is 1. The predicted molar refractivity (Wildman–Crippen MR) is 100 cm³/mol. The Morgan fingerprint density at radius 3 is 2.59 bits per heavy atom. The van der Waals surface area contributed by atoms with Gasteiger partial charge in [0.05, 0.1) is 14.2 Å². The number of aromatic nitrogens is 3. The molecule has 0 aliphatic heterocycles. The van der Waals surface area contributed by atoms with Crippen molar-refractivity contribution >= 4 is 11.9 Å². The number of methoxy groups -OCH3 is 2. The highest BCUT2D eigenvalue weighted by Gasteiger charge is 2.12. The molecule has 0 aliphatic rings. The third-order valence-corrected chi connectivity index (χ3v) is 3.85. The first-order valence-electron chi connectivity index (χ1n) is 8.24. The van der Waals surface area contributed by atoms with E-state index in [-0.39, 0.29) is 18.5 Å². The third kappa shape index (κ3) is 4.35. The SMILES string of the molecule is COc1ccc(-c2nc(NC(=O)COc3ccccc3C)n[nH]2)cc1OC. The second-order valence-corrected chi connectivity index (χ2v) is 5.68. The lowest BCUT2D eigenvalue weighted by molar-refractivity contribution is -0.118. The summed E-state index contributed by atoms with van der Waals surface area (Å²) in [5.41, 5.74) is 1.70. The fourth-order valence-corrected chi connectivity index (χ4v) is 2.45. The van der Waals surface area contributed by atoms with Gasteiger partial charge in [-0.2, -0.15) is 4.98 Å². The minimum absolute atomic E-state index is 0.134. The summed E-state index contributed by atoms with van der Waals surface area (Å²) in [6.07, 6.45) is 0. The van der Waals surface area contributed by atoms with E-state index in [1.165, 1.54) is 0 Å². The molecule has 8 heteroatoms. The molecule has 0 fully saturated rings. The molecule has 0 spiro atoms. The van der Waals surface area contributed by atoms with Crippen LogP contribution in [0.4, 0.5) is 5.95 Å². The summed E-state index contributed by atoms with van der Waals surface area (Å²) in [4.78, 5) is 16.3. The summed E-state index contributed by atoms with van der Waals surface area (Å²) < 4.78 is 16.0. The standard InChI is InChI=1S/C19H20N4O4/c1-12-6-4-5-7-14(12)27-11-17(24)20-19-21-18(22-23-19)13-8-9-15(25-2)16(10-13)26-3/h4-10H,11H2,1-3H3,(H2,20,21,22,23,24). The van der Waals surface area contributed by atoms with Gasteiger partial charge in [0, 0.05) is 5.56 Å². The van der Waals surface area contributed by atoms with Gasteiger partial charge in [-0.15, -0.1) is 5.10 Å². The van der Waals surface area contributed by atoms with E-state index in [9.17, 15) is 4.79 Å². The maximum Gasteiger partial charge on any atom is 0.264 e. The molecule has 27 heavy (non-hydrogen) atoms. The van der Waals surface area contributed by atoms with Gasteiger partial charge in [-0.1, -0.05) is 18.2 Å². The number of para-hydroxylation sites is 1. The van der Waals surface area contributed by atoms with E-state index in [4.69, 9.17) is 14.2 Å². The van der Waals surface area contributed by atoms with Crippen LogP contribution in [-0.4, -0.2) is 41.9 Å². The van der Waals surface area contributed by atoms with Crippen LogP contribution in [0.25, 0.3) is 11.4 Å². The maximum absolute atomic E-state index is 12.1. The fourth-order valence-electron chi connectivity index (χ4n) is 2.45. The number of nitrogens with zero attached hydrogens (tertiary/aromatic N) is 2. The number of amides is 1. The number of ether oxygens (including phenoxy) is 3. The number of nitrogens with one attached hydrogen (secondary N) is 2. The molecular weight excluding hydrogens is 348 g/mol. The van der Waals surface area contributed by atoms with E-state index in [0.717, 1.165) is 11.1 Å². The van der Waals surface area contributed by atoms with Crippen molar-refractivity contribution in [3.05, 3.63) is 48.0 Å². The number of rotatable bonds is 7. The van der Waals surface area contributed by atoms with Crippen LogP contribution in [0.3, 0.4) is 0 Å². The molecule has 2 N–H and O–H groups in total. The lowest BCUT2D eigenvalue weighted by Crippen LogP contribution is -2.21. The summed E-state index contributed by atoms with van der Waals surface area (Å²) >= 11 is 0. The molecule has 0 unspecified atom stereocenters. The topological polar surface area (TPSA) is 98.4 Å². The normalized spacial score (nSPS) is 10.3. The average Bonchev–Trinajstić information content (AvgIpc) is 3.15. The van der Waals surface area contributed by atoms with Gasteiger partial charge in [-0.25, -0.2) is 0 Å². The van der Waals surface area contributed by atoms with E-state index < -0.39 is 0 Å². The molecule has 140 valence electrons. The van der Waals surface area contributed by atoms with Crippen molar-refractivity contribution in [2.45, 2.75) is 6.92 Å². The van der Waals surface area contributed by atoms with E-state index in [1.807, 2.05) is 37.3 Å². The Morgan fingerprint density at radius 2 is 1.85 bits per heavy atom. The summed E-state index contributed by atoms with van der Waals surface area (Å²) in [5.74, 6) is 2.15. The maximum atomic E-state index is 12.1. The minimum Gasteiger partial charge on any atom is -0.493 e. The number of anilines is 1. The van der Waals surface area contributed by atoms with Crippen molar-refractivity contribution < 1.29 is 19.0 Å². The van der Waals surface area contributed by atoms with Gasteiger partial charge in [-0.05, 0) is 36.8 Å². The number of hydrogen-bond acceptors (Lipinski definition) is 6. The number of benzene rings is 2. The van der Waals surface area contributed by atoms with Crippen LogP contribution in [0, 0.1) is 6.92 Å². The first-order valence-corrected chi connectivity index (χ1v) is 8.24. The molecule has 0 bridgehead atoms. The Hall–Kier alpha value is -3.55. The van der Waals surface area contributed by atoms with Crippen LogP contribution in [-0.2, 0) is 4.79 Å². The highest BCUT2D eigenvalue weighted by molar-refractivity contribution is 5.90. The second kappa shape index (κ2) is 8.22. The van der Waals surface area contributed by atoms with Gasteiger partial charge >= 0.3 is 0 Å². The van der Waals surface area contributed by atoms with Gasteiger partial charge in [0.15, 0.2) is 23.9 Å². The Morgan fingerprint density at radius 1 is 1.07 bits per heavy atom. The highest BCUT2D eigenvalue weighted by atomic mass is 16.5. The Bertz CT molecular complexity index is 939. The van der Waals surface area contributed by atoms with Gasteiger partial charge in [0.25, 0.3) is 5.91 Å². The molecule has 1 aromatic heterocycles. The van der Waals surface area contributed by atoms with Crippen molar-refractivity contribution in [1.82, 2.24) is 15.2 Å². The van der Waals surface area contributed by atoms with Crippen LogP contribution < -0.4 is 19.5 Å². The highest BCUT2D eigenvalue weighted by Crippen LogP contribution is 2.31. The number of H-pyrrole nitrogens is 1. The quantitative estimate of drug-likeness (QED) is 0.665. The predicted octanol–water partition coefficient (Wildman–Crippen LogP) is 2.81. The van der Waals surface area contributed by atoms with Gasteiger partial charge < -0.3 is 14.2 Å². The molecule has 0 saturated heterocycles. The van der Waals surface area contributed by atoms with E-state index in [1.54, 1.807) is 26.4 Å². The van der Waals surface area contributed by atoms with Crippen LogP contribution >= 0.6 is 0 Å². The minimum atomic E-state index is -0.351. The number of carbonyl (C=O) groups is 1. The van der Waals surface area contributed by atoms with E-state index in [0.29, 0.717) is 23.1 Å². The van der Waals surface area contributed by atoms with Crippen molar-refractivity contribution in [2.24, 2.45) is 0 Å². The lowest BCUT2D eigenvalue weighted by Gasteiger charge is -2.08. The fraction of sp³-hybridized carbons (Fsp3) is 0.211. The molecule has 1 amide bonds. The van der Waals surface area contributed by atoms with Crippen molar-refractivity contribution in [3.8, 4) is 28.6 Å². The zero-order chi connectivity index (χ0) is 19.2. The molecule has 3 rings (SSSR count). The first kappa shape index (κ1) is 18.2. The molecule has 0 saturated carbocycles. The van der Waals surface area contributed by atoms with Crippen molar-refractivity contribution in [3.63, 3.8) is 0 Å². The van der Waals surface area contributed by atoms with Gasteiger partial charge in [0.1, 0.15) is 5.75 Å². The largest absolute Gasteiger partial charge is 0.493 e. The Kier molecular flexibility index (Phi) is 5.55. The van der Waals surface area contributed by atoms with Crippen LogP contribution in [0.15, 0.2) is 42.5 Å². The van der Waals surface area contributed by atoms with Crippen LogP contribution in [0.2, 0.25) is 0 Å².